The minimum absolute atomic E-state index is 0.0506. The van der Waals surface area contributed by atoms with E-state index in [0.29, 0.717) is 5.56 Å². The van der Waals surface area contributed by atoms with Crippen LogP contribution in [0.4, 0.5) is 0 Å². The van der Waals surface area contributed by atoms with Crippen molar-refractivity contribution in [2.75, 3.05) is 12.9 Å². The van der Waals surface area contributed by atoms with Crippen molar-refractivity contribution in [1.82, 2.24) is 4.90 Å². The van der Waals surface area contributed by atoms with Crippen molar-refractivity contribution in [1.29, 1.82) is 0 Å². The molecule has 0 bridgehead atoms. The molecular formula is C18H25NO5S. The van der Waals surface area contributed by atoms with Crippen molar-refractivity contribution < 1.29 is 22.7 Å². The van der Waals surface area contributed by atoms with Crippen LogP contribution in [0.2, 0.25) is 0 Å². The summed E-state index contributed by atoms with van der Waals surface area (Å²) in [4.78, 5) is 26.6. The molecule has 7 heteroatoms. The molecule has 1 aliphatic heterocycles. The second-order valence-electron chi connectivity index (χ2n) is 6.75. The van der Waals surface area contributed by atoms with E-state index in [0.717, 1.165) is 25.5 Å². The minimum atomic E-state index is -3.42. The fourth-order valence-electron chi connectivity index (χ4n) is 3.24. The summed E-state index contributed by atoms with van der Waals surface area (Å²) in [6.45, 7) is 5.35. The van der Waals surface area contributed by atoms with E-state index in [-0.39, 0.29) is 35.1 Å². The molecule has 0 aromatic heterocycles. The van der Waals surface area contributed by atoms with Gasteiger partial charge in [0.05, 0.1) is 10.5 Å². The molecule has 6 nitrogen and oxygen atoms in total. The molecule has 1 amide bonds. The number of rotatable bonds is 4. The number of carbonyl (C=O) groups is 2. The molecule has 138 valence electrons. The van der Waals surface area contributed by atoms with E-state index in [1.54, 1.807) is 17.9 Å². The first kappa shape index (κ1) is 19.4. The van der Waals surface area contributed by atoms with Crippen LogP contribution in [-0.2, 0) is 19.4 Å². The highest BCUT2D eigenvalue weighted by molar-refractivity contribution is 7.90. The van der Waals surface area contributed by atoms with Crippen LogP contribution in [0.1, 0.15) is 49.0 Å². The minimum Gasteiger partial charge on any atom is -0.452 e. The van der Waals surface area contributed by atoms with E-state index >= 15 is 0 Å². The Morgan fingerprint density at radius 1 is 1.20 bits per heavy atom. The molecule has 2 atom stereocenters. The van der Waals surface area contributed by atoms with E-state index in [4.69, 9.17) is 4.74 Å². The van der Waals surface area contributed by atoms with Gasteiger partial charge >= 0.3 is 5.97 Å². The predicted molar refractivity (Wildman–Crippen MR) is 94.2 cm³/mol. The zero-order valence-corrected chi connectivity index (χ0v) is 15.9. The number of piperidine rings is 1. The number of nitrogens with zero attached hydrogens (tertiary/aromatic N) is 1. The number of carbonyl (C=O) groups excluding carboxylic acids is 2. The van der Waals surface area contributed by atoms with Crippen molar-refractivity contribution in [2.24, 2.45) is 0 Å². The second kappa shape index (κ2) is 7.56. The second-order valence-corrected chi connectivity index (χ2v) is 8.77. The number of hydrogen-bond acceptors (Lipinski definition) is 5. The number of amides is 1. The first-order valence-electron chi connectivity index (χ1n) is 8.40. The lowest BCUT2D eigenvalue weighted by molar-refractivity contribution is -0.140. The normalized spacial score (nSPS) is 21.0. The van der Waals surface area contributed by atoms with Gasteiger partial charge in [0.25, 0.3) is 5.91 Å². The highest BCUT2D eigenvalue weighted by Crippen LogP contribution is 2.23. The number of sulfone groups is 1. The predicted octanol–water partition coefficient (Wildman–Crippen LogP) is 2.34. The lowest BCUT2D eigenvalue weighted by Gasteiger charge is -2.38. The largest absolute Gasteiger partial charge is 0.452 e. The number of esters is 1. The van der Waals surface area contributed by atoms with Gasteiger partial charge in [0.1, 0.15) is 0 Å². The number of ether oxygens (including phenoxy) is 1. The summed E-state index contributed by atoms with van der Waals surface area (Å²) in [5, 5.41) is 0. The lowest BCUT2D eigenvalue weighted by atomic mass is 9.97. The maximum absolute atomic E-state index is 12.4. The number of hydrogen-bond donors (Lipinski definition) is 0. The Hall–Kier alpha value is -1.89. The summed E-state index contributed by atoms with van der Waals surface area (Å²) in [5.74, 6) is -0.904. The molecule has 1 saturated heterocycles. The number of benzene rings is 1. The fourth-order valence-corrected chi connectivity index (χ4v) is 3.89. The van der Waals surface area contributed by atoms with Gasteiger partial charge in [-0.2, -0.15) is 0 Å². The Labute approximate surface area is 149 Å². The number of likely N-dealkylation sites (tertiary alicyclic amines) is 1. The molecule has 0 radical (unpaired) electrons. The summed E-state index contributed by atoms with van der Waals surface area (Å²) in [5.41, 5.74) is 0.764. The first-order valence-corrected chi connectivity index (χ1v) is 10.3. The molecule has 0 aliphatic carbocycles. The molecule has 25 heavy (non-hydrogen) atoms. The molecule has 1 heterocycles. The van der Waals surface area contributed by atoms with Gasteiger partial charge in [-0.25, -0.2) is 13.2 Å². The zero-order chi connectivity index (χ0) is 18.8. The molecule has 2 rings (SSSR count). The van der Waals surface area contributed by atoms with Crippen LogP contribution in [0, 0.1) is 6.92 Å². The van der Waals surface area contributed by atoms with E-state index < -0.39 is 15.8 Å². The molecule has 1 aromatic rings. The first-order chi connectivity index (χ1) is 11.6. The Balaban J connectivity index is 2.09. The van der Waals surface area contributed by atoms with Gasteiger partial charge in [0.2, 0.25) is 0 Å². The van der Waals surface area contributed by atoms with Crippen molar-refractivity contribution >= 4 is 21.7 Å². The topological polar surface area (TPSA) is 80.7 Å². The lowest BCUT2D eigenvalue weighted by Crippen LogP contribution is -2.49. The third-order valence-electron chi connectivity index (χ3n) is 4.67. The summed E-state index contributed by atoms with van der Waals surface area (Å²) in [6.07, 6.45) is 4.05. The molecule has 1 aliphatic rings. The van der Waals surface area contributed by atoms with Crippen LogP contribution >= 0.6 is 0 Å². The molecular weight excluding hydrogens is 342 g/mol. The van der Waals surface area contributed by atoms with Crippen molar-refractivity contribution in [3.8, 4) is 0 Å². The van der Waals surface area contributed by atoms with Crippen LogP contribution in [-0.4, -0.2) is 50.1 Å². The van der Waals surface area contributed by atoms with Gasteiger partial charge in [0.15, 0.2) is 16.4 Å². The molecule has 0 N–H and O–H groups in total. The standard InChI is InChI=1S/C18H25NO5S/c1-12-8-9-15(25(4,22)23)10-16(12)18(21)24-11-17(20)19-13(2)6-5-7-14(19)3/h8-10,13-14H,5-7,11H2,1-4H3/t13-,14-/m0/s1. The third kappa shape index (κ3) is 4.60. The number of aryl methyl sites for hydroxylation is 1. The molecule has 0 spiro atoms. The molecule has 1 aromatic carbocycles. The maximum Gasteiger partial charge on any atom is 0.338 e. The summed E-state index contributed by atoms with van der Waals surface area (Å²) in [7, 11) is -3.42. The van der Waals surface area contributed by atoms with E-state index in [1.165, 1.54) is 12.1 Å². The van der Waals surface area contributed by atoms with Gasteiger partial charge in [-0.15, -0.1) is 0 Å². The van der Waals surface area contributed by atoms with Crippen LogP contribution in [0.25, 0.3) is 0 Å². The van der Waals surface area contributed by atoms with Crippen LogP contribution in [0.3, 0.4) is 0 Å². The maximum atomic E-state index is 12.4. The molecule has 0 saturated carbocycles. The summed E-state index contributed by atoms with van der Waals surface area (Å²) >= 11 is 0. The Bertz CT molecular complexity index is 762. The Morgan fingerprint density at radius 2 is 1.80 bits per heavy atom. The van der Waals surface area contributed by atoms with Gasteiger partial charge in [-0.1, -0.05) is 6.07 Å². The Kier molecular flexibility index (Phi) is 5.87. The van der Waals surface area contributed by atoms with E-state index in [9.17, 15) is 18.0 Å². The van der Waals surface area contributed by atoms with Crippen molar-refractivity contribution in [2.45, 2.75) is 57.0 Å². The average molecular weight is 367 g/mol. The van der Waals surface area contributed by atoms with E-state index in [2.05, 4.69) is 0 Å². The monoisotopic (exact) mass is 367 g/mol. The van der Waals surface area contributed by atoms with Gasteiger partial charge < -0.3 is 9.64 Å². The fraction of sp³-hybridized carbons (Fsp3) is 0.556. The van der Waals surface area contributed by atoms with Gasteiger partial charge in [-0.3, -0.25) is 4.79 Å². The Morgan fingerprint density at radius 3 is 2.36 bits per heavy atom. The van der Waals surface area contributed by atoms with Crippen LogP contribution < -0.4 is 0 Å². The molecule has 0 unspecified atom stereocenters. The smallest absolute Gasteiger partial charge is 0.338 e. The third-order valence-corrected chi connectivity index (χ3v) is 5.78. The summed E-state index contributed by atoms with van der Waals surface area (Å²) < 4.78 is 28.5. The zero-order valence-electron chi connectivity index (χ0n) is 15.1. The average Bonchev–Trinajstić information content (AvgIpc) is 2.51. The van der Waals surface area contributed by atoms with Crippen molar-refractivity contribution in [3.63, 3.8) is 0 Å². The van der Waals surface area contributed by atoms with Crippen LogP contribution in [0.5, 0.6) is 0 Å². The highest BCUT2D eigenvalue weighted by atomic mass is 32.2. The highest BCUT2D eigenvalue weighted by Gasteiger charge is 2.29. The summed E-state index contributed by atoms with van der Waals surface area (Å²) in [6, 6.07) is 4.56. The van der Waals surface area contributed by atoms with Crippen molar-refractivity contribution in [3.05, 3.63) is 29.3 Å². The SMILES string of the molecule is Cc1ccc(S(C)(=O)=O)cc1C(=O)OCC(=O)N1[C@@H](C)CCC[C@@H]1C. The van der Waals surface area contributed by atoms with E-state index in [1.807, 2.05) is 13.8 Å². The van der Waals surface area contributed by atoms with Gasteiger partial charge in [0, 0.05) is 18.3 Å². The van der Waals surface area contributed by atoms with Crippen LogP contribution in [0.15, 0.2) is 23.1 Å². The molecule has 1 fully saturated rings. The quantitative estimate of drug-likeness (QED) is 0.763. The van der Waals surface area contributed by atoms with Gasteiger partial charge in [-0.05, 0) is 57.7 Å².